The van der Waals surface area contributed by atoms with Crippen LogP contribution in [0.25, 0.3) is 0 Å². The van der Waals surface area contributed by atoms with Crippen molar-refractivity contribution in [3.05, 3.63) is 39.8 Å². The number of rotatable bonds is 5. The molecule has 0 aromatic carbocycles. The lowest BCUT2D eigenvalue weighted by molar-refractivity contribution is 0.586. The van der Waals surface area contributed by atoms with Gasteiger partial charge in [0.2, 0.25) is 0 Å². The zero-order chi connectivity index (χ0) is 12.3. The molecule has 2 aromatic heterocycles. The molecule has 0 radical (unpaired) electrons. The monoisotopic (exact) mass is 249 g/mol. The van der Waals surface area contributed by atoms with Gasteiger partial charge in [-0.2, -0.15) is 5.10 Å². The van der Waals surface area contributed by atoms with Gasteiger partial charge in [0.25, 0.3) is 0 Å². The highest BCUT2D eigenvalue weighted by atomic mass is 32.1. The van der Waals surface area contributed by atoms with E-state index in [0.717, 1.165) is 18.5 Å². The quantitative estimate of drug-likeness (QED) is 0.882. The average Bonchev–Trinajstić information content (AvgIpc) is 2.94. The van der Waals surface area contributed by atoms with Crippen LogP contribution in [0.3, 0.4) is 0 Å². The highest BCUT2D eigenvalue weighted by Crippen LogP contribution is 2.25. The van der Waals surface area contributed by atoms with Crippen molar-refractivity contribution in [3.63, 3.8) is 0 Å². The lowest BCUT2D eigenvalue weighted by atomic mass is 10.1. The molecule has 0 bridgehead atoms. The van der Waals surface area contributed by atoms with Gasteiger partial charge in [0, 0.05) is 35.5 Å². The maximum absolute atomic E-state index is 4.43. The Hall–Kier alpha value is -1.13. The summed E-state index contributed by atoms with van der Waals surface area (Å²) in [4.78, 5) is 2.84. The summed E-state index contributed by atoms with van der Waals surface area (Å²) >= 11 is 1.89. The smallest absolute Gasteiger partial charge is 0.0643 e. The topological polar surface area (TPSA) is 29.9 Å². The Bertz CT molecular complexity index is 472. The van der Waals surface area contributed by atoms with Crippen molar-refractivity contribution in [2.24, 2.45) is 7.05 Å². The summed E-state index contributed by atoms with van der Waals surface area (Å²) in [5, 5.41) is 7.81. The van der Waals surface area contributed by atoms with Gasteiger partial charge in [-0.15, -0.1) is 11.3 Å². The Kier molecular flexibility index (Phi) is 3.97. The van der Waals surface area contributed by atoms with E-state index in [0.29, 0.717) is 6.04 Å². The number of aryl methyl sites for hydroxylation is 2. The Labute approximate surface area is 106 Å². The van der Waals surface area contributed by atoms with Crippen molar-refractivity contribution in [1.29, 1.82) is 0 Å². The van der Waals surface area contributed by atoms with Crippen LogP contribution in [-0.4, -0.2) is 16.8 Å². The molecule has 1 atom stereocenters. The van der Waals surface area contributed by atoms with Crippen molar-refractivity contribution in [2.75, 3.05) is 7.05 Å². The molecule has 1 unspecified atom stereocenters. The molecule has 0 spiro atoms. The summed E-state index contributed by atoms with van der Waals surface area (Å²) in [5.74, 6) is 0. The summed E-state index contributed by atoms with van der Waals surface area (Å²) in [6, 6.07) is 6.91. The Morgan fingerprint density at radius 3 is 2.76 bits per heavy atom. The SMILES string of the molecule is CCc1ccc(C(Cc2ccn(C)n2)NC)s1. The fourth-order valence-electron chi connectivity index (χ4n) is 1.90. The maximum atomic E-state index is 4.43. The highest BCUT2D eigenvalue weighted by Gasteiger charge is 2.13. The third-order valence-corrected chi connectivity index (χ3v) is 4.25. The number of nitrogens with zero attached hydrogens (tertiary/aromatic N) is 2. The van der Waals surface area contributed by atoms with Gasteiger partial charge >= 0.3 is 0 Å². The molecule has 3 nitrogen and oxygen atoms in total. The molecule has 2 heterocycles. The molecule has 2 rings (SSSR count). The molecule has 0 saturated carbocycles. The molecule has 4 heteroatoms. The maximum Gasteiger partial charge on any atom is 0.0643 e. The molecule has 2 aromatic rings. The number of hydrogen-bond donors (Lipinski definition) is 1. The van der Waals surface area contributed by atoms with Crippen LogP contribution in [0.5, 0.6) is 0 Å². The molecule has 0 aliphatic heterocycles. The summed E-state index contributed by atoms with van der Waals surface area (Å²) in [6.07, 6.45) is 4.06. The van der Waals surface area contributed by atoms with E-state index in [4.69, 9.17) is 0 Å². The van der Waals surface area contributed by atoms with Gasteiger partial charge in [0.15, 0.2) is 0 Å². The summed E-state index contributed by atoms with van der Waals surface area (Å²) < 4.78 is 1.86. The summed E-state index contributed by atoms with van der Waals surface area (Å²) in [5.41, 5.74) is 1.14. The van der Waals surface area contributed by atoms with E-state index in [1.807, 2.05) is 36.3 Å². The summed E-state index contributed by atoms with van der Waals surface area (Å²) in [7, 11) is 3.97. The first-order valence-corrected chi connectivity index (χ1v) is 6.79. The first kappa shape index (κ1) is 12.3. The van der Waals surface area contributed by atoms with Crippen molar-refractivity contribution < 1.29 is 0 Å². The third kappa shape index (κ3) is 2.96. The van der Waals surface area contributed by atoms with Crippen LogP contribution in [0.15, 0.2) is 24.4 Å². The molecule has 0 aliphatic rings. The number of aromatic nitrogens is 2. The van der Waals surface area contributed by atoms with Crippen LogP contribution in [0.1, 0.15) is 28.4 Å². The van der Waals surface area contributed by atoms with Gasteiger partial charge in [0.05, 0.1) is 5.69 Å². The number of nitrogens with one attached hydrogen (secondary N) is 1. The standard InChI is InChI=1S/C13H19N3S/c1-4-11-5-6-13(17-11)12(14-2)9-10-7-8-16(3)15-10/h5-8,12,14H,4,9H2,1-3H3. The van der Waals surface area contributed by atoms with Crippen LogP contribution >= 0.6 is 11.3 Å². The van der Waals surface area contributed by atoms with Gasteiger partial charge < -0.3 is 5.32 Å². The van der Waals surface area contributed by atoms with Gasteiger partial charge in [-0.3, -0.25) is 4.68 Å². The number of thiophene rings is 1. The predicted octanol–water partition coefficient (Wildman–Crippen LogP) is 2.55. The molecular formula is C13H19N3S. The van der Waals surface area contributed by atoms with E-state index >= 15 is 0 Å². The Balaban J connectivity index is 2.10. The van der Waals surface area contributed by atoms with E-state index in [1.165, 1.54) is 9.75 Å². The largest absolute Gasteiger partial charge is 0.312 e. The molecule has 1 N–H and O–H groups in total. The average molecular weight is 249 g/mol. The molecule has 17 heavy (non-hydrogen) atoms. The van der Waals surface area contributed by atoms with Crippen molar-refractivity contribution in [2.45, 2.75) is 25.8 Å². The first-order chi connectivity index (χ1) is 8.22. The minimum absolute atomic E-state index is 0.371. The van der Waals surface area contributed by atoms with E-state index in [9.17, 15) is 0 Å². The predicted molar refractivity (Wildman–Crippen MR) is 72.4 cm³/mol. The minimum atomic E-state index is 0.371. The fourth-order valence-corrected chi connectivity index (χ4v) is 2.96. The van der Waals surface area contributed by atoms with Gasteiger partial charge in [-0.1, -0.05) is 6.92 Å². The van der Waals surface area contributed by atoms with Crippen LogP contribution in [-0.2, 0) is 19.9 Å². The van der Waals surface area contributed by atoms with E-state index < -0.39 is 0 Å². The highest BCUT2D eigenvalue weighted by molar-refractivity contribution is 7.12. The van der Waals surface area contributed by atoms with E-state index in [-0.39, 0.29) is 0 Å². The van der Waals surface area contributed by atoms with Crippen LogP contribution in [0, 0.1) is 0 Å². The van der Waals surface area contributed by atoms with Crippen molar-refractivity contribution in [3.8, 4) is 0 Å². The number of likely N-dealkylation sites (N-methyl/N-ethyl adjacent to an activating group) is 1. The van der Waals surface area contributed by atoms with Crippen molar-refractivity contribution >= 4 is 11.3 Å². The molecular weight excluding hydrogens is 230 g/mol. The number of hydrogen-bond acceptors (Lipinski definition) is 3. The molecule has 0 amide bonds. The second-order valence-electron chi connectivity index (χ2n) is 4.18. The van der Waals surface area contributed by atoms with Gasteiger partial charge in [-0.05, 0) is 31.7 Å². The van der Waals surface area contributed by atoms with Crippen molar-refractivity contribution in [1.82, 2.24) is 15.1 Å². The second kappa shape index (κ2) is 5.47. The minimum Gasteiger partial charge on any atom is -0.312 e. The fraction of sp³-hybridized carbons (Fsp3) is 0.462. The zero-order valence-electron chi connectivity index (χ0n) is 10.6. The van der Waals surface area contributed by atoms with Crippen LogP contribution in [0.2, 0.25) is 0 Å². The third-order valence-electron chi connectivity index (χ3n) is 2.90. The first-order valence-electron chi connectivity index (χ1n) is 5.97. The molecule has 0 aliphatic carbocycles. The lowest BCUT2D eigenvalue weighted by Crippen LogP contribution is -2.18. The van der Waals surface area contributed by atoms with E-state index in [2.05, 4.69) is 35.5 Å². The Morgan fingerprint density at radius 2 is 2.24 bits per heavy atom. The second-order valence-corrected chi connectivity index (χ2v) is 5.38. The van der Waals surface area contributed by atoms with E-state index in [1.54, 1.807) is 0 Å². The van der Waals surface area contributed by atoms with Gasteiger partial charge in [0.1, 0.15) is 0 Å². The summed E-state index contributed by atoms with van der Waals surface area (Å²) in [6.45, 7) is 2.20. The van der Waals surface area contributed by atoms with Crippen LogP contribution in [0.4, 0.5) is 0 Å². The normalized spacial score (nSPS) is 12.9. The zero-order valence-corrected chi connectivity index (χ0v) is 11.4. The Morgan fingerprint density at radius 1 is 1.41 bits per heavy atom. The molecule has 0 saturated heterocycles. The van der Waals surface area contributed by atoms with Gasteiger partial charge in [-0.25, -0.2) is 0 Å². The lowest BCUT2D eigenvalue weighted by Gasteiger charge is -2.12. The molecule has 0 fully saturated rings. The van der Waals surface area contributed by atoms with Crippen LogP contribution < -0.4 is 5.32 Å². The molecule has 92 valence electrons.